The standard InChI is InChI=1S/C16H18N6O3S/c1-11-8-15(21(2)19-11)22-7-3-4-14(16(22)23)20-26(24,25)13-6-5-12(9-17)18-10-13/h5-6,8,10,14,20H,3-4,7H2,1-2H3/t14-/m0/s1. The van der Waals surface area contributed by atoms with E-state index in [-0.39, 0.29) is 16.5 Å². The number of piperidine rings is 1. The van der Waals surface area contributed by atoms with Gasteiger partial charge in [0.05, 0.1) is 5.69 Å². The summed E-state index contributed by atoms with van der Waals surface area (Å²) in [4.78, 5) is 18.0. The quantitative estimate of drug-likeness (QED) is 0.830. The number of aryl methyl sites for hydroxylation is 2. The van der Waals surface area contributed by atoms with Crippen LogP contribution >= 0.6 is 0 Å². The third kappa shape index (κ3) is 3.44. The lowest BCUT2D eigenvalue weighted by Crippen LogP contribution is -2.52. The summed E-state index contributed by atoms with van der Waals surface area (Å²) in [6.07, 6.45) is 2.18. The zero-order valence-corrected chi connectivity index (χ0v) is 15.2. The summed E-state index contributed by atoms with van der Waals surface area (Å²) in [5.74, 6) is 0.320. The first-order valence-electron chi connectivity index (χ1n) is 8.02. The summed E-state index contributed by atoms with van der Waals surface area (Å²) < 4.78 is 29.1. The molecule has 1 saturated heterocycles. The van der Waals surface area contributed by atoms with Gasteiger partial charge in [-0.15, -0.1) is 0 Å². The average molecular weight is 374 g/mol. The van der Waals surface area contributed by atoms with Crippen molar-refractivity contribution in [3.05, 3.63) is 35.8 Å². The van der Waals surface area contributed by atoms with E-state index in [4.69, 9.17) is 5.26 Å². The number of nitriles is 1. The number of anilines is 1. The highest BCUT2D eigenvalue weighted by molar-refractivity contribution is 7.89. The molecule has 0 saturated carbocycles. The summed E-state index contributed by atoms with van der Waals surface area (Å²) >= 11 is 0. The first kappa shape index (κ1) is 18.0. The van der Waals surface area contributed by atoms with Crippen molar-refractivity contribution in [2.24, 2.45) is 7.05 Å². The van der Waals surface area contributed by atoms with Crippen LogP contribution in [-0.4, -0.2) is 41.7 Å². The maximum Gasteiger partial charge on any atom is 0.246 e. The van der Waals surface area contributed by atoms with Gasteiger partial charge in [0, 0.05) is 25.9 Å². The van der Waals surface area contributed by atoms with Crippen molar-refractivity contribution in [2.45, 2.75) is 30.7 Å². The second-order valence-electron chi connectivity index (χ2n) is 6.06. The first-order chi connectivity index (χ1) is 12.3. The fourth-order valence-corrected chi connectivity index (χ4v) is 4.09. The maximum absolute atomic E-state index is 12.8. The number of amides is 1. The van der Waals surface area contributed by atoms with E-state index in [9.17, 15) is 13.2 Å². The smallest absolute Gasteiger partial charge is 0.246 e. The third-order valence-corrected chi connectivity index (χ3v) is 5.61. The van der Waals surface area contributed by atoms with E-state index in [0.717, 1.165) is 11.9 Å². The Morgan fingerprint density at radius 2 is 2.15 bits per heavy atom. The number of rotatable bonds is 4. The van der Waals surface area contributed by atoms with E-state index in [1.807, 2.05) is 13.0 Å². The minimum atomic E-state index is -3.92. The molecule has 26 heavy (non-hydrogen) atoms. The number of sulfonamides is 1. The highest BCUT2D eigenvalue weighted by Gasteiger charge is 2.34. The zero-order valence-electron chi connectivity index (χ0n) is 14.4. The summed E-state index contributed by atoms with van der Waals surface area (Å²) in [5.41, 5.74) is 0.900. The molecule has 0 unspecified atom stereocenters. The number of pyridine rings is 1. The van der Waals surface area contributed by atoms with Crippen LogP contribution in [0.2, 0.25) is 0 Å². The van der Waals surface area contributed by atoms with Gasteiger partial charge in [0.15, 0.2) is 0 Å². The van der Waals surface area contributed by atoms with Crippen LogP contribution in [0.25, 0.3) is 0 Å². The van der Waals surface area contributed by atoms with Crippen LogP contribution in [0.1, 0.15) is 24.2 Å². The molecular formula is C16H18N6O3S. The minimum absolute atomic E-state index is 0.0854. The Morgan fingerprint density at radius 3 is 2.73 bits per heavy atom. The molecule has 0 aromatic carbocycles. The Morgan fingerprint density at radius 1 is 1.38 bits per heavy atom. The van der Waals surface area contributed by atoms with Gasteiger partial charge in [-0.25, -0.2) is 13.4 Å². The third-order valence-electron chi connectivity index (χ3n) is 4.15. The highest BCUT2D eigenvalue weighted by Crippen LogP contribution is 2.22. The SMILES string of the molecule is Cc1cc(N2CCC[C@H](NS(=O)(=O)c3ccc(C#N)nc3)C2=O)n(C)n1. The lowest BCUT2D eigenvalue weighted by atomic mass is 10.1. The normalized spacial score (nSPS) is 18.0. The molecule has 10 heteroatoms. The molecule has 136 valence electrons. The van der Waals surface area contributed by atoms with E-state index in [1.165, 1.54) is 12.1 Å². The van der Waals surface area contributed by atoms with Crippen LogP contribution in [-0.2, 0) is 21.9 Å². The lowest BCUT2D eigenvalue weighted by Gasteiger charge is -2.32. The predicted octanol–water partition coefficient (Wildman–Crippen LogP) is 0.469. The first-order valence-corrected chi connectivity index (χ1v) is 9.50. The summed E-state index contributed by atoms with van der Waals surface area (Å²) in [5, 5.41) is 13.0. The molecule has 1 N–H and O–H groups in total. The van der Waals surface area contributed by atoms with Gasteiger partial charge in [-0.05, 0) is 31.9 Å². The molecule has 1 fully saturated rings. The molecule has 1 aliphatic heterocycles. The molecule has 0 radical (unpaired) electrons. The van der Waals surface area contributed by atoms with Gasteiger partial charge in [-0.2, -0.15) is 15.1 Å². The molecule has 1 aliphatic rings. The van der Waals surface area contributed by atoms with Crippen molar-refractivity contribution in [1.29, 1.82) is 5.26 Å². The van der Waals surface area contributed by atoms with Crippen LogP contribution in [0.3, 0.4) is 0 Å². The topological polar surface area (TPSA) is 121 Å². The minimum Gasteiger partial charge on any atom is -0.296 e. The number of carbonyl (C=O) groups excluding carboxylic acids is 1. The Hall–Kier alpha value is -2.77. The Bertz CT molecular complexity index is 974. The number of aromatic nitrogens is 3. The second-order valence-corrected chi connectivity index (χ2v) is 7.78. The monoisotopic (exact) mass is 374 g/mol. The molecule has 1 amide bonds. The number of hydrogen-bond donors (Lipinski definition) is 1. The van der Waals surface area contributed by atoms with Gasteiger partial charge < -0.3 is 0 Å². The van der Waals surface area contributed by atoms with Crippen LogP contribution < -0.4 is 9.62 Å². The van der Waals surface area contributed by atoms with Crippen molar-refractivity contribution in [2.75, 3.05) is 11.4 Å². The maximum atomic E-state index is 12.8. The molecule has 2 aromatic rings. The summed E-state index contributed by atoms with van der Waals surface area (Å²) in [7, 11) is -2.18. The van der Waals surface area contributed by atoms with Crippen molar-refractivity contribution < 1.29 is 13.2 Å². The second kappa shape index (κ2) is 6.86. The molecule has 3 rings (SSSR count). The zero-order chi connectivity index (χ0) is 18.9. The fraction of sp³-hybridized carbons (Fsp3) is 0.375. The number of nitrogens with zero attached hydrogens (tertiary/aromatic N) is 5. The van der Waals surface area contributed by atoms with Crippen LogP contribution in [0.15, 0.2) is 29.3 Å². The Labute approximate surface area is 151 Å². The molecule has 0 bridgehead atoms. The van der Waals surface area contributed by atoms with Gasteiger partial charge in [0.2, 0.25) is 15.9 Å². The molecule has 0 aliphatic carbocycles. The van der Waals surface area contributed by atoms with Gasteiger partial charge in [-0.1, -0.05) is 0 Å². The van der Waals surface area contributed by atoms with Crippen molar-refractivity contribution >= 4 is 21.7 Å². The van der Waals surface area contributed by atoms with Crippen LogP contribution in [0, 0.1) is 18.3 Å². The van der Waals surface area contributed by atoms with Crippen molar-refractivity contribution in [3.8, 4) is 6.07 Å². The number of nitrogens with one attached hydrogen (secondary N) is 1. The fourth-order valence-electron chi connectivity index (χ4n) is 2.92. The van der Waals surface area contributed by atoms with E-state index < -0.39 is 16.1 Å². The molecule has 2 aromatic heterocycles. The summed E-state index contributed by atoms with van der Waals surface area (Å²) in [6.45, 7) is 2.34. The average Bonchev–Trinajstić information content (AvgIpc) is 2.95. The predicted molar refractivity (Wildman–Crippen MR) is 92.6 cm³/mol. The van der Waals surface area contributed by atoms with E-state index >= 15 is 0 Å². The molecule has 3 heterocycles. The molecular weight excluding hydrogens is 356 g/mol. The van der Waals surface area contributed by atoms with Gasteiger partial charge in [0.25, 0.3) is 0 Å². The van der Waals surface area contributed by atoms with E-state index in [1.54, 1.807) is 22.7 Å². The van der Waals surface area contributed by atoms with Crippen molar-refractivity contribution in [1.82, 2.24) is 19.5 Å². The molecule has 0 spiro atoms. The van der Waals surface area contributed by atoms with Gasteiger partial charge in [0.1, 0.15) is 28.5 Å². The number of hydrogen-bond acceptors (Lipinski definition) is 6. The van der Waals surface area contributed by atoms with Crippen LogP contribution in [0.5, 0.6) is 0 Å². The van der Waals surface area contributed by atoms with Gasteiger partial charge >= 0.3 is 0 Å². The summed E-state index contributed by atoms with van der Waals surface area (Å²) in [6, 6.07) is 5.38. The molecule has 9 nitrogen and oxygen atoms in total. The number of carbonyl (C=O) groups is 1. The highest BCUT2D eigenvalue weighted by atomic mass is 32.2. The Balaban J connectivity index is 1.81. The molecule has 1 atom stereocenters. The van der Waals surface area contributed by atoms with E-state index in [0.29, 0.717) is 25.2 Å². The van der Waals surface area contributed by atoms with Crippen LogP contribution in [0.4, 0.5) is 5.82 Å². The van der Waals surface area contributed by atoms with Crippen molar-refractivity contribution in [3.63, 3.8) is 0 Å². The Kier molecular flexibility index (Phi) is 4.76. The van der Waals surface area contributed by atoms with Gasteiger partial charge in [-0.3, -0.25) is 14.4 Å². The lowest BCUT2D eigenvalue weighted by molar-refractivity contribution is -0.121. The largest absolute Gasteiger partial charge is 0.296 e. The van der Waals surface area contributed by atoms with E-state index in [2.05, 4.69) is 14.8 Å².